The van der Waals surface area contributed by atoms with E-state index in [9.17, 15) is 44.6 Å². The van der Waals surface area contributed by atoms with Crippen molar-refractivity contribution < 1.29 is 63.1 Å². The zero-order valence-electron chi connectivity index (χ0n) is 38.3. The Bertz CT molecular complexity index is 1380. The van der Waals surface area contributed by atoms with Crippen LogP contribution in [-0.2, 0) is 32.7 Å². The van der Waals surface area contributed by atoms with Gasteiger partial charge in [0.1, 0.15) is 43.2 Å². The number of phosphoric acid groups is 1. The lowest BCUT2D eigenvalue weighted by molar-refractivity contribution is -0.220. The number of rotatable bonds is 38. The van der Waals surface area contributed by atoms with Crippen molar-refractivity contribution in [2.75, 3.05) is 13.2 Å². The molecule has 0 spiro atoms. The molecule has 0 aromatic carbocycles. The molecule has 0 aromatic heterocycles. The molecule has 0 aliphatic heterocycles. The van der Waals surface area contributed by atoms with Crippen LogP contribution in [0.15, 0.2) is 72.9 Å². The van der Waals surface area contributed by atoms with E-state index in [0.29, 0.717) is 19.3 Å². The minimum atomic E-state index is -5.14. The van der Waals surface area contributed by atoms with E-state index >= 15 is 0 Å². The summed E-state index contributed by atoms with van der Waals surface area (Å²) in [5.74, 6) is -1.18. The van der Waals surface area contributed by atoms with Crippen molar-refractivity contribution in [3.8, 4) is 0 Å². The quantitative estimate of drug-likeness (QED) is 0.0148. The molecule has 6 N–H and O–H groups in total. The largest absolute Gasteiger partial charge is 0.472 e. The Kier molecular flexibility index (Phi) is 35.7. The van der Waals surface area contributed by atoms with Crippen LogP contribution in [0.25, 0.3) is 0 Å². The first-order chi connectivity index (χ1) is 30.4. The van der Waals surface area contributed by atoms with Gasteiger partial charge in [0.15, 0.2) is 6.10 Å². The summed E-state index contributed by atoms with van der Waals surface area (Å²) >= 11 is 0. The monoisotopic (exact) mass is 911 g/mol. The van der Waals surface area contributed by atoms with E-state index in [1.807, 2.05) is 12.2 Å². The summed E-state index contributed by atoms with van der Waals surface area (Å²) in [7, 11) is -5.14. The maximum atomic E-state index is 12.8. The Balaban J connectivity index is 2.49. The van der Waals surface area contributed by atoms with Gasteiger partial charge >= 0.3 is 19.8 Å². The number of phosphoric ester groups is 1. The molecule has 0 radical (unpaired) electrons. The van der Waals surface area contributed by atoms with Crippen molar-refractivity contribution in [2.45, 2.75) is 211 Å². The number of carbonyl (C=O) groups is 2. The molecule has 1 aliphatic rings. The Morgan fingerprint density at radius 3 is 1.44 bits per heavy atom. The lowest BCUT2D eigenvalue weighted by Crippen LogP contribution is -2.64. The Morgan fingerprint density at radius 2 is 0.921 bits per heavy atom. The highest BCUT2D eigenvalue weighted by Gasteiger charge is 2.51. The van der Waals surface area contributed by atoms with Gasteiger partial charge in [-0.05, 0) is 77.0 Å². The second kappa shape index (κ2) is 38.5. The highest BCUT2D eigenvalue weighted by molar-refractivity contribution is 7.47. The van der Waals surface area contributed by atoms with Crippen LogP contribution in [0.1, 0.15) is 168 Å². The summed E-state index contributed by atoms with van der Waals surface area (Å²) in [4.78, 5) is 35.7. The predicted molar refractivity (Wildman–Crippen MR) is 249 cm³/mol. The number of unbranched alkanes of at least 4 members (excludes halogenated alkanes) is 14. The van der Waals surface area contributed by atoms with Crippen LogP contribution in [0, 0.1) is 0 Å². The van der Waals surface area contributed by atoms with Crippen LogP contribution >= 0.6 is 7.82 Å². The van der Waals surface area contributed by atoms with Crippen molar-refractivity contribution in [1.82, 2.24) is 0 Å². The fourth-order valence-electron chi connectivity index (χ4n) is 6.73. The van der Waals surface area contributed by atoms with Gasteiger partial charge in [0.2, 0.25) is 0 Å². The maximum absolute atomic E-state index is 12.8. The Labute approximate surface area is 378 Å². The van der Waals surface area contributed by atoms with Gasteiger partial charge in [-0.2, -0.15) is 0 Å². The van der Waals surface area contributed by atoms with Crippen molar-refractivity contribution >= 4 is 19.8 Å². The number of aliphatic hydroxyl groups is 5. The molecular formula is C49H83O13P. The molecule has 13 nitrogen and oxygen atoms in total. The molecule has 1 aliphatic carbocycles. The normalized spacial score (nSPS) is 22.3. The number of hydrogen-bond acceptors (Lipinski definition) is 12. The topological polar surface area (TPSA) is 210 Å². The molecule has 0 amide bonds. The summed E-state index contributed by atoms with van der Waals surface area (Å²) in [5.41, 5.74) is 0. The van der Waals surface area contributed by atoms with Crippen LogP contribution in [0.2, 0.25) is 0 Å². The number of aliphatic hydroxyl groups excluding tert-OH is 5. The number of hydrogen-bond donors (Lipinski definition) is 6. The van der Waals surface area contributed by atoms with Crippen LogP contribution in [0.3, 0.4) is 0 Å². The van der Waals surface area contributed by atoms with Gasteiger partial charge < -0.3 is 39.9 Å². The van der Waals surface area contributed by atoms with E-state index in [1.165, 1.54) is 44.9 Å². The minimum absolute atomic E-state index is 0.0763. The standard InChI is InChI=1S/C49H83O13P/c1-3-5-7-9-11-13-15-17-19-21-23-25-27-29-31-33-35-37-42(50)59-39-41(40-60-63(57,58)62-49-47(55)45(53)44(52)46(54)48(49)56)61-43(51)38-36-34-32-30-28-26-24-22-20-18-16-14-12-10-8-6-4-2/h5,7,11,13,17-20,23,25,29,31,41,44-49,52-56H,3-4,6,8-10,12,14-16,21-22,24,26-28,30,32-40H2,1-2H3,(H,57,58)/b7-5-,13-11-,19-17-,20-18-,25-23-,31-29-/t41-,44?,45-,46?,47?,48?,49?/m1/s1. The molecule has 63 heavy (non-hydrogen) atoms. The molecule has 0 heterocycles. The summed E-state index contributed by atoms with van der Waals surface area (Å²) < 4.78 is 33.5. The molecule has 0 bridgehead atoms. The van der Waals surface area contributed by atoms with Crippen LogP contribution in [-0.4, -0.2) is 98.3 Å². The molecule has 1 saturated carbocycles. The highest BCUT2D eigenvalue weighted by atomic mass is 31.2. The van der Waals surface area contributed by atoms with E-state index in [2.05, 4.69) is 74.6 Å². The third kappa shape index (κ3) is 31.0. The molecule has 8 atom stereocenters. The van der Waals surface area contributed by atoms with Gasteiger partial charge in [0, 0.05) is 12.8 Å². The molecule has 362 valence electrons. The van der Waals surface area contributed by atoms with E-state index in [4.69, 9.17) is 18.5 Å². The first-order valence-electron chi connectivity index (χ1n) is 23.7. The van der Waals surface area contributed by atoms with Gasteiger partial charge in [-0.25, -0.2) is 4.57 Å². The van der Waals surface area contributed by atoms with Crippen molar-refractivity contribution in [2.24, 2.45) is 0 Å². The fraction of sp³-hybridized carbons (Fsp3) is 0.714. The van der Waals surface area contributed by atoms with E-state index in [-0.39, 0.29) is 12.8 Å². The Morgan fingerprint density at radius 1 is 0.508 bits per heavy atom. The summed E-state index contributed by atoms with van der Waals surface area (Å²) in [6.07, 6.45) is 35.3. The van der Waals surface area contributed by atoms with Crippen LogP contribution < -0.4 is 0 Å². The van der Waals surface area contributed by atoms with E-state index in [0.717, 1.165) is 77.0 Å². The third-order valence-electron chi connectivity index (χ3n) is 10.5. The van der Waals surface area contributed by atoms with Gasteiger partial charge in [-0.1, -0.05) is 151 Å². The highest BCUT2D eigenvalue weighted by Crippen LogP contribution is 2.47. The van der Waals surface area contributed by atoms with E-state index in [1.54, 1.807) is 0 Å². The van der Waals surface area contributed by atoms with Crippen molar-refractivity contribution in [3.05, 3.63) is 72.9 Å². The summed E-state index contributed by atoms with van der Waals surface area (Å²) in [6.45, 7) is 3.13. The average Bonchev–Trinajstić information content (AvgIpc) is 3.26. The SMILES string of the molecule is CC/C=C\C/C=C\C/C=C\C/C=C\C/C=C\CCCC(=O)OC[C@H](COP(=O)(O)OC1C(O)C(O)C(O)[C@@H](O)C1O)OC(=O)CCCCCCCCC/C=C\CCCCCCCC. The molecule has 1 rings (SSSR count). The van der Waals surface area contributed by atoms with Gasteiger partial charge in [0.25, 0.3) is 0 Å². The third-order valence-corrected chi connectivity index (χ3v) is 11.5. The number of carbonyl (C=O) groups excluding carboxylic acids is 2. The van der Waals surface area contributed by atoms with Crippen LogP contribution in [0.4, 0.5) is 0 Å². The van der Waals surface area contributed by atoms with Gasteiger partial charge in [0.05, 0.1) is 6.61 Å². The van der Waals surface area contributed by atoms with Crippen molar-refractivity contribution in [3.63, 3.8) is 0 Å². The lowest BCUT2D eigenvalue weighted by atomic mass is 9.85. The molecule has 1 fully saturated rings. The Hall–Kier alpha value is -2.71. The molecule has 14 heteroatoms. The second-order valence-electron chi connectivity index (χ2n) is 16.2. The summed E-state index contributed by atoms with van der Waals surface area (Å²) in [6, 6.07) is 0. The molecule has 0 aromatic rings. The molecule has 6 unspecified atom stereocenters. The maximum Gasteiger partial charge on any atom is 0.472 e. The zero-order valence-corrected chi connectivity index (χ0v) is 39.2. The number of allylic oxidation sites excluding steroid dienone is 12. The first-order valence-corrected chi connectivity index (χ1v) is 25.2. The smallest absolute Gasteiger partial charge is 0.462 e. The first kappa shape index (κ1) is 58.3. The van der Waals surface area contributed by atoms with Crippen LogP contribution in [0.5, 0.6) is 0 Å². The minimum Gasteiger partial charge on any atom is -0.462 e. The number of ether oxygens (including phenoxy) is 2. The zero-order chi connectivity index (χ0) is 46.4. The number of esters is 2. The molecule has 0 saturated heterocycles. The average molecular weight is 911 g/mol. The molecular weight excluding hydrogens is 827 g/mol. The summed E-state index contributed by atoms with van der Waals surface area (Å²) in [5, 5.41) is 50.2. The lowest BCUT2D eigenvalue weighted by Gasteiger charge is -2.41. The van der Waals surface area contributed by atoms with E-state index < -0.39 is 75.7 Å². The fourth-order valence-corrected chi connectivity index (χ4v) is 7.70. The second-order valence-corrected chi connectivity index (χ2v) is 17.6. The van der Waals surface area contributed by atoms with Gasteiger partial charge in [-0.3, -0.25) is 18.6 Å². The van der Waals surface area contributed by atoms with Gasteiger partial charge in [-0.15, -0.1) is 0 Å². The van der Waals surface area contributed by atoms with Crippen molar-refractivity contribution in [1.29, 1.82) is 0 Å². The predicted octanol–water partition coefficient (Wildman–Crippen LogP) is 9.50.